The Balaban J connectivity index is 1.49. The van der Waals surface area contributed by atoms with Crippen LogP contribution in [0.2, 0.25) is 0 Å². The number of ketones is 2. The molecule has 1 amide bonds. The smallest absolute Gasteiger partial charge is 0.411 e. The van der Waals surface area contributed by atoms with Gasteiger partial charge in [-0.1, -0.05) is 48.9 Å². The minimum absolute atomic E-state index is 0.0438. The summed E-state index contributed by atoms with van der Waals surface area (Å²) in [5, 5.41) is 51.0. The molecule has 0 saturated carbocycles. The number of hydrogen-bond donors (Lipinski definition) is 7. The standard InChI is InChI=1S/C47H54N4O14S2/c1-8-9-10-11-12-13-34(38-26(16-17-67(7)66)32(53)20-33(54)40(38)51-47(59)61-6)64-46-44(65-36-21-35(60-5)31(22-62-36)48-23(2)3)43(56)37(24(4)63-46)42(55)41-39-28(19-30(50-41)45(57)58)27-18-25(52)14-15-29(27)49-39/h10-11,14-16,18-19,23-24,31-32,34-37,43-44,46,48-49,52-53,56H,17,20-22H2,1-7H3,(H,51,59)(H,57,58)/b11-10-,26-16-/t24?,31?,32-,34-,35?,36?,37?,43?,44?,46?,67?/m0/s1. The van der Waals surface area contributed by atoms with Crippen LogP contribution in [0.4, 0.5) is 4.79 Å². The number of phenolic OH excluding ortho intramolecular Hbond substituents is 1. The Hall–Kier alpha value is -5.36. The van der Waals surface area contributed by atoms with Gasteiger partial charge in [0.2, 0.25) is 0 Å². The van der Waals surface area contributed by atoms with Crippen LogP contribution in [-0.4, -0.2) is 148 Å². The fourth-order valence-corrected chi connectivity index (χ4v) is 8.93. The van der Waals surface area contributed by atoms with Crippen molar-refractivity contribution in [2.45, 2.75) is 102 Å². The maximum atomic E-state index is 15.0. The van der Waals surface area contributed by atoms with Crippen LogP contribution in [0.15, 0.2) is 59.3 Å². The third-order valence-corrected chi connectivity index (χ3v) is 12.4. The van der Waals surface area contributed by atoms with Crippen LogP contribution in [0.25, 0.3) is 21.8 Å². The van der Waals surface area contributed by atoms with Crippen molar-refractivity contribution in [2.75, 3.05) is 32.8 Å². The molecule has 18 nitrogen and oxygen atoms in total. The Morgan fingerprint density at radius 1 is 1.13 bits per heavy atom. The number of amides is 1. The van der Waals surface area contributed by atoms with Crippen molar-refractivity contribution in [3.8, 4) is 29.4 Å². The zero-order valence-electron chi connectivity index (χ0n) is 37.9. The summed E-state index contributed by atoms with van der Waals surface area (Å²) in [7, 11) is 2.06. The highest BCUT2D eigenvalue weighted by Gasteiger charge is 2.52. The summed E-state index contributed by atoms with van der Waals surface area (Å²) in [6.45, 7) is 7.22. The van der Waals surface area contributed by atoms with Gasteiger partial charge in [0.25, 0.3) is 0 Å². The maximum Gasteiger partial charge on any atom is 0.411 e. The fraction of sp³-hybridized carbons (Fsp3) is 0.468. The number of aromatic hydroxyl groups is 1. The van der Waals surface area contributed by atoms with Crippen LogP contribution in [0.5, 0.6) is 5.75 Å². The molecule has 11 atom stereocenters. The van der Waals surface area contributed by atoms with Gasteiger partial charge in [0.05, 0.1) is 61.3 Å². The van der Waals surface area contributed by atoms with Gasteiger partial charge >= 0.3 is 12.1 Å². The van der Waals surface area contributed by atoms with Crippen LogP contribution in [0.3, 0.4) is 0 Å². The summed E-state index contributed by atoms with van der Waals surface area (Å²) < 4.78 is 36.6. The summed E-state index contributed by atoms with van der Waals surface area (Å²) in [4.78, 5) is 61.2. The van der Waals surface area contributed by atoms with Crippen molar-refractivity contribution in [1.29, 1.82) is 0 Å². The summed E-state index contributed by atoms with van der Waals surface area (Å²) in [6.07, 6.45) is -5.53. The second-order valence-corrected chi connectivity index (χ2v) is 19.5. The van der Waals surface area contributed by atoms with E-state index in [2.05, 4.69) is 44.3 Å². The summed E-state index contributed by atoms with van der Waals surface area (Å²) in [5.74, 6) is 7.08. The molecule has 2 fully saturated rings. The minimum Gasteiger partial charge on any atom is -0.508 e. The van der Waals surface area contributed by atoms with E-state index in [1.807, 2.05) is 13.8 Å². The van der Waals surface area contributed by atoms with E-state index in [1.54, 1.807) is 32.4 Å². The van der Waals surface area contributed by atoms with Gasteiger partial charge in [0.15, 0.2) is 24.1 Å². The average molecular weight is 963 g/mol. The molecule has 2 saturated heterocycles. The second-order valence-electron chi connectivity index (χ2n) is 16.3. The van der Waals surface area contributed by atoms with Gasteiger partial charge in [-0.25, -0.2) is 14.6 Å². The van der Waals surface area contributed by atoms with Gasteiger partial charge in [-0.05, 0) is 62.1 Å². The number of ether oxygens (including phenoxy) is 6. The number of fused-ring (bicyclic) bond motifs is 3. The number of nitrogens with one attached hydrogen (secondary N) is 3. The van der Waals surface area contributed by atoms with E-state index in [1.165, 1.54) is 37.3 Å². The molecule has 358 valence electrons. The van der Waals surface area contributed by atoms with Crippen molar-refractivity contribution in [1.82, 2.24) is 20.6 Å². The Bertz CT molecular complexity index is 2640. The molecule has 67 heavy (non-hydrogen) atoms. The van der Waals surface area contributed by atoms with E-state index in [4.69, 9.17) is 39.6 Å². The highest BCUT2D eigenvalue weighted by atomic mass is 32.8. The number of nitrogens with zero attached hydrogens (tertiary/aromatic N) is 1. The topological polar surface area (TPSA) is 257 Å². The molecule has 0 radical (unpaired) electrons. The first-order valence-electron chi connectivity index (χ1n) is 21.3. The number of methoxy groups -OCH3 is 2. The van der Waals surface area contributed by atoms with Crippen LogP contribution in [-0.2, 0) is 53.9 Å². The number of H-pyrrole nitrogens is 1. The first kappa shape index (κ1) is 51.0. The molecule has 2 aliphatic heterocycles. The molecule has 2 aromatic heterocycles. The number of aromatic amines is 1. The Morgan fingerprint density at radius 2 is 1.88 bits per heavy atom. The van der Waals surface area contributed by atoms with Crippen LogP contribution >= 0.6 is 0 Å². The number of hydrogen-bond acceptors (Lipinski definition) is 16. The number of carbonyl (C=O) groups excluding carboxylic acids is 3. The molecular weight excluding hydrogens is 909 g/mol. The highest BCUT2D eigenvalue weighted by Crippen LogP contribution is 2.39. The number of rotatable bonds is 14. The lowest BCUT2D eigenvalue weighted by Crippen LogP contribution is -2.60. The molecule has 3 aliphatic rings. The van der Waals surface area contributed by atoms with E-state index in [0.29, 0.717) is 10.9 Å². The lowest BCUT2D eigenvalue weighted by Gasteiger charge is -2.46. The van der Waals surface area contributed by atoms with Crippen molar-refractivity contribution in [2.24, 2.45) is 5.92 Å². The fourth-order valence-electron chi connectivity index (χ4n) is 8.31. The Kier molecular flexibility index (Phi) is 17.2. The monoisotopic (exact) mass is 962 g/mol. The van der Waals surface area contributed by atoms with E-state index in [-0.39, 0.29) is 70.1 Å². The summed E-state index contributed by atoms with van der Waals surface area (Å²) >= 11 is 5.46. The molecule has 6 rings (SSSR count). The van der Waals surface area contributed by atoms with Crippen LogP contribution in [0, 0.1) is 29.6 Å². The van der Waals surface area contributed by atoms with Gasteiger partial charge in [0.1, 0.15) is 29.3 Å². The van der Waals surface area contributed by atoms with Gasteiger partial charge in [-0.3, -0.25) is 14.9 Å². The number of carbonyl (C=O) groups is 4. The van der Waals surface area contributed by atoms with Gasteiger partial charge in [-0.15, -0.1) is 15.4 Å². The number of allylic oxidation sites excluding steroid dienone is 3. The zero-order valence-corrected chi connectivity index (χ0v) is 39.5. The second kappa shape index (κ2) is 22.6. The Morgan fingerprint density at radius 3 is 2.55 bits per heavy atom. The van der Waals surface area contributed by atoms with Crippen LogP contribution < -0.4 is 10.6 Å². The molecule has 7 N–H and O–H groups in total. The van der Waals surface area contributed by atoms with Crippen molar-refractivity contribution in [3.63, 3.8) is 0 Å². The number of benzene rings is 1. The third-order valence-electron chi connectivity index (χ3n) is 11.3. The molecule has 20 heteroatoms. The number of aliphatic hydroxyl groups is 2. The molecule has 3 aromatic rings. The first-order chi connectivity index (χ1) is 31.9. The number of phenols is 1. The largest absolute Gasteiger partial charge is 0.508 e. The number of carboxylic acid groups (broad SMARTS) is 1. The lowest BCUT2D eigenvalue weighted by atomic mass is 9.83. The van der Waals surface area contributed by atoms with Gasteiger partial charge in [0, 0.05) is 53.6 Å². The molecule has 4 heterocycles. The van der Waals surface area contributed by atoms with E-state index in [0.717, 1.165) is 7.11 Å². The molecule has 9 unspecified atom stereocenters. The van der Waals surface area contributed by atoms with Crippen LogP contribution in [0.1, 0.15) is 61.5 Å². The van der Waals surface area contributed by atoms with E-state index < -0.39 is 100 Å². The molecule has 1 aromatic carbocycles. The number of Topliss-reactive ketones (excluding diaryl/α,β-unsaturated/α-hetero) is 2. The average Bonchev–Trinajstić information content (AvgIpc) is 3.64. The summed E-state index contributed by atoms with van der Waals surface area (Å²) in [6, 6.07) is 5.55. The van der Waals surface area contributed by atoms with Gasteiger partial charge < -0.3 is 59.1 Å². The first-order valence-corrected chi connectivity index (χ1v) is 24.1. The van der Waals surface area contributed by atoms with Crippen molar-refractivity contribution in [3.05, 3.63) is 70.7 Å². The molecular formula is C47H54N4O14S2. The molecule has 0 spiro atoms. The minimum atomic E-state index is -1.79. The highest BCUT2D eigenvalue weighted by molar-refractivity contribution is 8.28. The maximum absolute atomic E-state index is 15.0. The SMILES string of the molecule is CC#C/C=C\C#C[C@H](OC1OC(C)C(C(=O)c2nc(C(=O)O)cc3c2[nH]c2ccc(O)cc23)C(O)C1OC1CC(OC)C(NC(C)C)CO1)C1=C(NC(=O)OC)C(=O)C[C@H](O)/C1=C/CS(C)=S. The predicted molar refractivity (Wildman–Crippen MR) is 250 cm³/mol. The third kappa shape index (κ3) is 11.9. The van der Waals surface area contributed by atoms with E-state index >= 15 is 0 Å². The normalized spacial score (nSPS) is 27.1. The number of pyridine rings is 1. The Labute approximate surface area is 394 Å². The summed E-state index contributed by atoms with van der Waals surface area (Å²) in [5.41, 5.74) is -0.309. The van der Waals surface area contributed by atoms with Gasteiger partial charge in [-0.2, -0.15) is 0 Å². The zero-order chi connectivity index (χ0) is 48.7. The lowest BCUT2D eigenvalue weighted by molar-refractivity contribution is -0.327. The number of aromatic nitrogens is 2. The van der Waals surface area contributed by atoms with E-state index in [9.17, 15) is 39.6 Å². The number of alkyl carbamates (subject to hydrolysis) is 1. The number of carboxylic acids is 1. The quantitative estimate of drug-likeness (QED) is 0.0905. The molecule has 1 aliphatic carbocycles. The van der Waals surface area contributed by atoms with Crippen molar-refractivity contribution < 1.29 is 68.0 Å². The predicted octanol–water partition coefficient (Wildman–Crippen LogP) is 3.09. The number of aliphatic hydroxyl groups excluding tert-OH is 2. The molecule has 0 bridgehead atoms. The van der Waals surface area contributed by atoms with Crippen molar-refractivity contribution >= 4 is 66.1 Å². The number of aromatic carboxylic acids is 1.